The lowest BCUT2D eigenvalue weighted by atomic mass is 9.68. The molecule has 2 fully saturated rings. The average Bonchev–Trinajstić information content (AvgIpc) is 2.82. The van der Waals surface area contributed by atoms with E-state index in [9.17, 15) is 8.78 Å². The van der Waals surface area contributed by atoms with Crippen molar-refractivity contribution >= 4 is 21.6 Å². The monoisotopic (exact) mass is 343 g/mol. The van der Waals surface area contributed by atoms with E-state index in [0.29, 0.717) is 16.1 Å². The first kappa shape index (κ1) is 14.3. The molecule has 2 saturated carbocycles. The van der Waals surface area contributed by atoms with Crippen molar-refractivity contribution in [1.82, 2.24) is 0 Å². The Morgan fingerprint density at radius 1 is 1.20 bits per heavy atom. The quantitative estimate of drug-likeness (QED) is 0.713. The van der Waals surface area contributed by atoms with Crippen LogP contribution in [-0.4, -0.2) is 6.04 Å². The Hall–Kier alpha value is -0.640. The second kappa shape index (κ2) is 4.43. The Morgan fingerprint density at radius 2 is 1.90 bits per heavy atom. The number of halogens is 3. The molecule has 20 heavy (non-hydrogen) atoms. The first-order valence-corrected chi connectivity index (χ1v) is 7.94. The van der Waals surface area contributed by atoms with Crippen LogP contribution in [-0.2, 0) is 0 Å². The highest BCUT2D eigenvalue weighted by atomic mass is 79.9. The number of hydrogen-bond acceptors (Lipinski definition) is 1. The zero-order chi connectivity index (χ0) is 14.7. The first-order chi connectivity index (χ1) is 9.24. The largest absolute Gasteiger partial charge is 0.379 e. The molecule has 0 heterocycles. The van der Waals surface area contributed by atoms with Crippen LogP contribution in [0.2, 0.25) is 0 Å². The van der Waals surface area contributed by atoms with Gasteiger partial charge in [-0.15, -0.1) is 0 Å². The van der Waals surface area contributed by atoms with Crippen molar-refractivity contribution in [3.63, 3.8) is 0 Å². The lowest BCUT2D eigenvalue weighted by Crippen LogP contribution is -2.46. The van der Waals surface area contributed by atoms with Gasteiger partial charge < -0.3 is 5.32 Å². The van der Waals surface area contributed by atoms with E-state index in [1.54, 1.807) is 0 Å². The molecule has 0 spiro atoms. The summed E-state index contributed by atoms with van der Waals surface area (Å²) in [6.45, 7) is 6.81. The third-order valence-corrected chi connectivity index (χ3v) is 6.19. The Morgan fingerprint density at radius 3 is 2.50 bits per heavy atom. The van der Waals surface area contributed by atoms with Gasteiger partial charge in [-0.1, -0.05) is 20.8 Å². The summed E-state index contributed by atoms with van der Waals surface area (Å²) in [6.07, 6.45) is 3.64. The Kier molecular flexibility index (Phi) is 3.16. The lowest BCUT2D eigenvalue weighted by Gasteiger charge is -2.43. The normalized spacial score (nSPS) is 34.5. The number of rotatable bonds is 2. The predicted octanol–water partition coefficient (Wildman–Crippen LogP) is 5.35. The summed E-state index contributed by atoms with van der Waals surface area (Å²) in [4.78, 5) is 0. The fourth-order valence-corrected chi connectivity index (χ4v) is 4.79. The third-order valence-electron chi connectivity index (χ3n) is 5.58. The molecular weight excluding hydrogens is 324 g/mol. The van der Waals surface area contributed by atoms with E-state index in [4.69, 9.17) is 0 Å². The highest BCUT2D eigenvalue weighted by molar-refractivity contribution is 9.10. The molecule has 0 aliphatic heterocycles. The SMILES string of the molecule is CC1(C)C(Nc2cc(Br)c(F)cc2F)[C@]2(C)CC[C@H]1C2. The molecule has 0 saturated heterocycles. The minimum atomic E-state index is -0.563. The van der Waals surface area contributed by atoms with E-state index >= 15 is 0 Å². The van der Waals surface area contributed by atoms with E-state index in [0.717, 1.165) is 6.07 Å². The van der Waals surface area contributed by atoms with Crippen LogP contribution in [0.3, 0.4) is 0 Å². The fraction of sp³-hybridized carbons (Fsp3) is 0.625. The zero-order valence-corrected chi connectivity index (χ0v) is 13.7. The summed E-state index contributed by atoms with van der Waals surface area (Å²) in [6, 6.07) is 2.67. The van der Waals surface area contributed by atoms with E-state index in [1.807, 2.05) is 0 Å². The van der Waals surface area contributed by atoms with Gasteiger partial charge in [0.15, 0.2) is 0 Å². The second-order valence-electron chi connectivity index (χ2n) is 7.24. The number of benzene rings is 1. The van der Waals surface area contributed by atoms with Crippen LogP contribution in [0.1, 0.15) is 40.0 Å². The van der Waals surface area contributed by atoms with Gasteiger partial charge >= 0.3 is 0 Å². The van der Waals surface area contributed by atoms with Crippen molar-refractivity contribution in [1.29, 1.82) is 0 Å². The molecular formula is C16H20BrF2N. The van der Waals surface area contributed by atoms with E-state index in [1.165, 1.54) is 25.3 Å². The Labute approximate surface area is 127 Å². The van der Waals surface area contributed by atoms with Gasteiger partial charge in [0.25, 0.3) is 0 Å². The van der Waals surface area contributed by atoms with E-state index in [2.05, 4.69) is 42.0 Å². The summed E-state index contributed by atoms with van der Waals surface area (Å²) in [7, 11) is 0. The van der Waals surface area contributed by atoms with Crippen LogP contribution in [0.4, 0.5) is 14.5 Å². The zero-order valence-electron chi connectivity index (χ0n) is 12.1. The molecule has 1 aromatic rings. The van der Waals surface area contributed by atoms with Gasteiger partial charge in [-0.3, -0.25) is 0 Å². The molecule has 1 nitrogen and oxygen atoms in total. The minimum absolute atomic E-state index is 0.139. The maximum Gasteiger partial charge on any atom is 0.149 e. The number of nitrogens with one attached hydrogen (secondary N) is 1. The molecule has 1 unspecified atom stereocenters. The summed E-state index contributed by atoms with van der Waals surface area (Å²) in [5, 5.41) is 3.37. The molecule has 1 aromatic carbocycles. The number of anilines is 1. The molecule has 3 atom stereocenters. The summed E-state index contributed by atoms with van der Waals surface area (Å²) in [5.74, 6) is -0.392. The van der Waals surface area contributed by atoms with E-state index < -0.39 is 11.6 Å². The molecule has 4 heteroatoms. The molecule has 0 radical (unpaired) electrons. The summed E-state index contributed by atoms with van der Waals surface area (Å²) in [5.41, 5.74) is 0.743. The van der Waals surface area contributed by atoms with E-state index in [-0.39, 0.29) is 16.9 Å². The first-order valence-electron chi connectivity index (χ1n) is 7.15. The fourth-order valence-electron chi connectivity index (χ4n) is 4.45. The standard InChI is InChI=1S/C16H20BrF2N/c1-15(2)9-4-5-16(3,8-9)14(15)20-13-6-10(17)11(18)7-12(13)19/h6-7,9,14,20H,4-5,8H2,1-3H3/t9-,14?,16+/m0/s1. The molecule has 110 valence electrons. The van der Waals surface area contributed by atoms with Gasteiger partial charge in [-0.2, -0.15) is 0 Å². The van der Waals surface area contributed by atoms with Crippen LogP contribution in [0.15, 0.2) is 16.6 Å². The van der Waals surface area contributed by atoms with Crippen molar-refractivity contribution < 1.29 is 8.78 Å². The maximum atomic E-state index is 14.0. The molecule has 3 rings (SSSR count). The van der Waals surface area contributed by atoms with Gasteiger partial charge in [-0.05, 0) is 58.0 Å². The van der Waals surface area contributed by atoms with Gasteiger partial charge in [0.05, 0.1) is 10.2 Å². The Bertz CT molecular complexity index is 553. The van der Waals surface area contributed by atoms with Crippen molar-refractivity contribution in [2.75, 3.05) is 5.32 Å². The van der Waals surface area contributed by atoms with Gasteiger partial charge in [0, 0.05) is 12.1 Å². The maximum absolute atomic E-state index is 14.0. The highest BCUT2D eigenvalue weighted by Crippen LogP contribution is 2.63. The number of fused-ring (bicyclic) bond motifs is 2. The second-order valence-corrected chi connectivity index (χ2v) is 8.09. The van der Waals surface area contributed by atoms with Crippen molar-refractivity contribution in [2.45, 2.75) is 46.1 Å². The molecule has 1 N–H and O–H groups in total. The van der Waals surface area contributed by atoms with Gasteiger partial charge in [0.1, 0.15) is 11.6 Å². The van der Waals surface area contributed by atoms with Crippen LogP contribution in [0.25, 0.3) is 0 Å². The van der Waals surface area contributed by atoms with Crippen LogP contribution in [0, 0.1) is 28.4 Å². The Balaban J connectivity index is 1.93. The molecule has 2 aliphatic rings. The predicted molar refractivity (Wildman–Crippen MR) is 80.7 cm³/mol. The van der Waals surface area contributed by atoms with Crippen molar-refractivity contribution in [2.24, 2.45) is 16.7 Å². The van der Waals surface area contributed by atoms with Crippen LogP contribution < -0.4 is 5.32 Å². The van der Waals surface area contributed by atoms with Gasteiger partial charge in [0.2, 0.25) is 0 Å². The average molecular weight is 344 g/mol. The third kappa shape index (κ3) is 1.99. The smallest absolute Gasteiger partial charge is 0.149 e. The lowest BCUT2D eigenvalue weighted by molar-refractivity contribution is 0.155. The minimum Gasteiger partial charge on any atom is -0.379 e. The number of hydrogen-bond donors (Lipinski definition) is 1. The molecule has 0 aromatic heterocycles. The summed E-state index contributed by atoms with van der Waals surface area (Å²) >= 11 is 3.13. The summed E-state index contributed by atoms with van der Waals surface area (Å²) < 4.78 is 27.6. The topological polar surface area (TPSA) is 12.0 Å². The van der Waals surface area contributed by atoms with Crippen LogP contribution in [0.5, 0.6) is 0 Å². The highest BCUT2D eigenvalue weighted by Gasteiger charge is 2.59. The van der Waals surface area contributed by atoms with Crippen molar-refractivity contribution in [3.05, 3.63) is 28.2 Å². The molecule has 0 amide bonds. The molecule has 2 aliphatic carbocycles. The molecule has 2 bridgehead atoms. The van der Waals surface area contributed by atoms with Gasteiger partial charge in [-0.25, -0.2) is 8.78 Å². The van der Waals surface area contributed by atoms with Crippen molar-refractivity contribution in [3.8, 4) is 0 Å². The van der Waals surface area contributed by atoms with Crippen LogP contribution >= 0.6 is 15.9 Å².